The zero-order valence-corrected chi connectivity index (χ0v) is 13.7. The van der Waals surface area contributed by atoms with Gasteiger partial charge in [0.15, 0.2) is 0 Å². The first-order valence-electron chi connectivity index (χ1n) is 5.72. The molecule has 0 aliphatic heterocycles. The van der Waals surface area contributed by atoms with Crippen molar-refractivity contribution in [1.29, 1.82) is 0 Å². The summed E-state index contributed by atoms with van der Waals surface area (Å²) in [6, 6.07) is 7.66. The van der Waals surface area contributed by atoms with Crippen LogP contribution in [0.15, 0.2) is 30.3 Å². The molecule has 0 bridgehead atoms. The molecule has 0 saturated carbocycles. The summed E-state index contributed by atoms with van der Waals surface area (Å²) in [5.74, 6) is -0.0253. The van der Waals surface area contributed by atoms with Crippen LogP contribution in [-0.4, -0.2) is 13.0 Å². The molecule has 1 N–H and O–H groups in total. The van der Waals surface area contributed by atoms with Gasteiger partial charge in [-0.25, -0.2) is 0 Å². The van der Waals surface area contributed by atoms with Crippen LogP contribution in [-0.2, 0) is 0 Å². The highest BCUT2D eigenvalue weighted by Crippen LogP contribution is 2.33. The molecule has 1 amide bonds. The monoisotopic (exact) mass is 363 g/mol. The Hall–Kier alpha value is -1.13. The first kappa shape index (κ1) is 16.2. The molecule has 7 heteroatoms. The molecule has 0 saturated heterocycles. The zero-order chi connectivity index (χ0) is 15.6. The van der Waals surface area contributed by atoms with E-state index in [4.69, 9.17) is 51.1 Å². The molecule has 2 aromatic carbocycles. The van der Waals surface area contributed by atoms with Gasteiger partial charge < -0.3 is 10.1 Å². The molecule has 3 nitrogen and oxygen atoms in total. The van der Waals surface area contributed by atoms with E-state index in [1.54, 1.807) is 12.1 Å². The number of ether oxygens (including phenoxy) is 1. The van der Waals surface area contributed by atoms with Gasteiger partial charge in [-0.15, -0.1) is 0 Å². The van der Waals surface area contributed by atoms with Crippen molar-refractivity contribution in [2.24, 2.45) is 0 Å². The lowest BCUT2D eigenvalue weighted by Gasteiger charge is -2.11. The van der Waals surface area contributed by atoms with Crippen LogP contribution in [0.1, 0.15) is 10.4 Å². The Labute approximate surface area is 141 Å². The van der Waals surface area contributed by atoms with Crippen LogP contribution in [0.4, 0.5) is 5.69 Å². The van der Waals surface area contributed by atoms with Crippen molar-refractivity contribution in [2.45, 2.75) is 0 Å². The molecule has 0 atom stereocenters. The van der Waals surface area contributed by atoms with Crippen molar-refractivity contribution in [2.75, 3.05) is 12.4 Å². The van der Waals surface area contributed by atoms with Gasteiger partial charge in [0.05, 0.1) is 33.4 Å². The van der Waals surface area contributed by atoms with Gasteiger partial charge in [0, 0.05) is 5.02 Å². The Morgan fingerprint density at radius 3 is 2.33 bits per heavy atom. The summed E-state index contributed by atoms with van der Waals surface area (Å²) in [5.41, 5.74) is 0.630. The number of hydrogen-bond acceptors (Lipinski definition) is 2. The van der Waals surface area contributed by atoms with Crippen LogP contribution in [0.3, 0.4) is 0 Å². The van der Waals surface area contributed by atoms with E-state index < -0.39 is 5.91 Å². The molecule has 0 heterocycles. The number of hydrogen-bond donors (Lipinski definition) is 1. The average Bonchev–Trinajstić information content (AvgIpc) is 2.44. The van der Waals surface area contributed by atoms with Gasteiger partial charge in [-0.3, -0.25) is 4.79 Å². The maximum Gasteiger partial charge on any atom is 0.259 e. The Bertz CT molecular complexity index is 704. The summed E-state index contributed by atoms with van der Waals surface area (Å²) in [4.78, 5) is 12.3. The van der Waals surface area contributed by atoms with Gasteiger partial charge in [-0.2, -0.15) is 0 Å². The van der Waals surface area contributed by atoms with E-state index in [0.717, 1.165) is 0 Å². The van der Waals surface area contributed by atoms with E-state index in [1.807, 2.05) is 0 Å². The topological polar surface area (TPSA) is 38.3 Å². The van der Waals surface area contributed by atoms with Gasteiger partial charge in [0.1, 0.15) is 5.75 Å². The average molecular weight is 365 g/mol. The highest BCUT2D eigenvalue weighted by atomic mass is 35.5. The van der Waals surface area contributed by atoms with Crippen LogP contribution in [0.5, 0.6) is 5.75 Å². The summed E-state index contributed by atoms with van der Waals surface area (Å²) in [7, 11) is 1.46. The van der Waals surface area contributed by atoms with Crippen LogP contribution in [0.25, 0.3) is 0 Å². The SMILES string of the molecule is COc1ccc(Cl)cc1C(=O)Nc1cc(Cl)c(Cl)cc1Cl. The number of amides is 1. The van der Waals surface area contributed by atoms with Crippen LogP contribution >= 0.6 is 46.4 Å². The second-order valence-electron chi connectivity index (χ2n) is 4.04. The fraction of sp³-hybridized carbons (Fsp3) is 0.0714. The Morgan fingerprint density at radius 1 is 1.00 bits per heavy atom. The lowest BCUT2D eigenvalue weighted by atomic mass is 10.2. The van der Waals surface area contributed by atoms with E-state index >= 15 is 0 Å². The summed E-state index contributed by atoms with van der Waals surface area (Å²) in [6.07, 6.45) is 0. The maximum atomic E-state index is 12.3. The molecular weight excluding hydrogens is 356 g/mol. The number of carbonyl (C=O) groups excluding carboxylic acids is 1. The predicted molar refractivity (Wildman–Crippen MR) is 87.4 cm³/mol. The third-order valence-electron chi connectivity index (χ3n) is 2.66. The highest BCUT2D eigenvalue weighted by molar-refractivity contribution is 6.44. The third kappa shape index (κ3) is 3.74. The normalized spacial score (nSPS) is 10.3. The fourth-order valence-corrected chi connectivity index (χ4v) is 2.43. The van der Waals surface area contributed by atoms with Crippen molar-refractivity contribution in [1.82, 2.24) is 0 Å². The Morgan fingerprint density at radius 2 is 1.67 bits per heavy atom. The highest BCUT2D eigenvalue weighted by Gasteiger charge is 2.15. The second kappa shape index (κ2) is 6.75. The lowest BCUT2D eigenvalue weighted by Crippen LogP contribution is -2.13. The molecule has 2 rings (SSSR count). The van der Waals surface area contributed by atoms with E-state index in [0.29, 0.717) is 21.5 Å². The summed E-state index contributed by atoms with van der Waals surface area (Å²) in [5, 5.41) is 3.93. The second-order valence-corrected chi connectivity index (χ2v) is 5.70. The Kier molecular flexibility index (Phi) is 5.22. The van der Waals surface area contributed by atoms with E-state index in [1.165, 1.54) is 25.3 Å². The fourth-order valence-electron chi connectivity index (χ4n) is 1.67. The van der Waals surface area contributed by atoms with Gasteiger partial charge >= 0.3 is 0 Å². The molecule has 0 radical (unpaired) electrons. The standard InChI is InChI=1S/C14H9Cl4NO2/c1-21-13-3-2-7(15)4-8(13)14(20)19-12-6-10(17)9(16)5-11(12)18/h2-6H,1H3,(H,19,20). The molecule has 2 aromatic rings. The molecule has 0 aliphatic rings. The number of benzene rings is 2. The number of nitrogens with one attached hydrogen (secondary N) is 1. The molecular formula is C14H9Cl4NO2. The van der Waals surface area contributed by atoms with Crippen molar-refractivity contribution in [3.05, 3.63) is 56.0 Å². The van der Waals surface area contributed by atoms with Crippen molar-refractivity contribution in [3.63, 3.8) is 0 Å². The van der Waals surface area contributed by atoms with Gasteiger partial charge in [0.2, 0.25) is 0 Å². The van der Waals surface area contributed by atoms with E-state index in [-0.39, 0.29) is 15.6 Å². The summed E-state index contributed by atoms with van der Waals surface area (Å²) in [6.45, 7) is 0. The minimum absolute atomic E-state index is 0.277. The van der Waals surface area contributed by atoms with Crippen molar-refractivity contribution in [3.8, 4) is 5.75 Å². The summed E-state index contributed by atoms with van der Waals surface area (Å²) >= 11 is 23.7. The molecule has 0 spiro atoms. The smallest absolute Gasteiger partial charge is 0.259 e. The van der Waals surface area contributed by atoms with E-state index in [9.17, 15) is 4.79 Å². The largest absolute Gasteiger partial charge is 0.496 e. The molecule has 0 aliphatic carbocycles. The van der Waals surface area contributed by atoms with Crippen LogP contribution < -0.4 is 10.1 Å². The minimum atomic E-state index is -0.422. The molecule has 110 valence electrons. The van der Waals surface area contributed by atoms with Gasteiger partial charge in [-0.1, -0.05) is 46.4 Å². The zero-order valence-electron chi connectivity index (χ0n) is 10.7. The minimum Gasteiger partial charge on any atom is -0.496 e. The van der Waals surface area contributed by atoms with Crippen LogP contribution in [0, 0.1) is 0 Å². The first-order chi connectivity index (χ1) is 9.92. The number of anilines is 1. The van der Waals surface area contributed by atoms with Gasteiger partial charge in [0.25, 0.3) is 5.91 Å². The quantitative estimate of drug-likeness (QED) is 0.724. The van der Waals surface area contributed by atoms with E-state index in [2.05, 4.69) is 5.32 Å². The number of halogens is 4. The predicted octanol–water partition coefficient (Wildman–Crippen LogP) is 5.56. The molecule has 0 fully saturated rings. The third-order valence-corrected chi connectivity index (χ3v) is 3.93. The lowest BCUT2D eigenvalue weighted by molar-refractivity contribution is 0.102. The van der Waals surface area contributed by atoms with Crippen molar-refractivity contribution < 1.29 is 9.53 Å². The van der Waals surface area contributed by atoms with Gasteiger partial charge in [-0.05, 0) is 30.3 Å². The maximum absolute atomic E-state index is 12.3. The van der Waals surface area contributed by atoms with Crippen molar-refractivity contribution >= 4 is 58.0 Å². The van der Waals surface area contributed by atoms with Crippen LogP contribution in [0.2, 0.25) is 20.1 Å². The molecule has 0 unspecified atom stereocenters. The number of rotatable bonds is 3. The molecule has 0 aromatic heterocycles. The summed E-state index contributed by atoms with van der Waals surface area (Å²) < 4.78 is 5.13. The first-order valence-corrected chi connectivity index (χ1v) is 7.23. The molecule has 21 heavy (non-hydrogen) atoms. The number of methoxy groups -OCH3 is 1. The number of carbonyl (C=O) groups is 1. The Balaban J connectivity index is 2.34.